The van der Waals surface area contributed by atoms with Gasteiger partial charge in [0.2, 0.25) is 0 Å². The van der Waals surface area contributed by atoms with Crippen molar-refractivity contribution < 1.29 is 28.5 Å². The lowest BCUT2D eigenvalue weighted by Gasteiger charge is -2.34. The fraction of sp³-hybridized carbons (Fsp3) is 0.474. The van der Waals surface area contributed by atoms with Crippen molar-refractivity contribution in [1.29, 1.82) is 0 Å². The third-order valence-electron chi connectivity index (χ3n) is 3.54. The molecule has 142 valence electrons. The lowest BCUT2D eigenvalue weighted by atomic mass is 10.1. The highest BCUT2D eigenvalue weighted by Gasteiger charge is 2.36. The Balaban J connectivity index is 2.13. The maximum atomic E-state index is 11.5. The maximum Gasteiger partial charge on any atom is 0.303 e. The summed E-state index contributed by atoms with van der Waals surface area (Å²) in [7, 11) is 0. The van der Waals surface area contributed by atoms with Gasteiger partial charge in [0, 0.05) is 18.8 Å². The molecule has 0 saturated carbocycles. The van der Waals surface area contributed by atoms with Gasteiger partial charge in [-0.2, -0.15) is 0 Å². The van der Waals surface area contributed by atoms with Gasteiger partial charge in [0.05, 0.1) is 6.61 Å². The van der Waals surface area contributed by atoms with E-state index in [1.54, 1.807) is 11.8 Å². The molecule has 7 heteroatoms. The lowest BCUT2D eigenvalue weighted by Crippen LogP contribution is -2.44. The van der Waals surface area contributed by atoms with Crippen LogP contribution in [0.3, 0.4) is 0 Å². The molecule has 0 amide bonds. The zero-order valence-corrected chi connectivity index (χ0v) is 16.0. The van der Waals surface area contributed by atoms with Gasteiger partial charge in [-0.05, 0) is 17.4 Å². The smallest absolute Gasteiger partial charge is 0.303 e. The van der Waals surface area contributed by atoms with Gasteiger partial charge in [-0.25, -0.2) is 0 Å². The Labute approximate surface area is 157 Å². The first kappa shape index (κ1) is 20.5. The van der Waals surface area contributed by atoms with Crippen LogP contribution in [-0.2, 0) is 35.1 Å². The van der Waals surface area contributed by atoms with Gasteiger partial charge in [-0.3, -0.25) is 9.59 Å². The average Bonchev–Trinajstić information content (AvgIpc) is 2.61. The summed E-state index contributed by atoms with van der Waals surface area (Å²) in [6.45, 7) is 5.04. The number of carbonyl (C=O) groups is 2. The first-order valence-electron chi connectivity index (χ1n) is 8.45. The van der Waals surface area contributed by atoms with Crippen molar-refractivity contribution in [2.24, 2.45) is 0 Å². The number of hydrogen-bond acceptors (Lipinski definition) is 7. The highest BCUT2D eigenvalue weighted by atomic mass is 32.2. The molecule has 1 aromatic rings. The lowest BCUT2D eigenvalue weighted by molar-refractivity contribution is -0.200. The Bertz CT molecular complexity index is 630. The Morgan fingerprint density at radius 1 is 1.15 bits per heavy atom. The van der Waals surface area contributed by atoms with Gasteiger partial charge in [0.15, 0.2) is 12.4 Å². The summed E-state index contributed by atoms with van der Waals surface area (Å²) in [5.41, 5.74) is 1.02. The summed E-state index contributed by atoms with van der Waals surface area (Å²) in [6, 6.07) is 9.75. The Morgan fingerprint density at radius 3 is 2.50 bits per heavy atom. The van der Waals surface area contributed by atoms with Crippen LogP contribution in [-0.4, -0.2) is 42.8 Å². The minimum absolute atomic E-state index is 0.0138. The summed E-state index contributed by atoms with van der Waals surface area (Å²) in [6.07, 6.45) is -0.0396. The highest BCUT2D eigenvalue weighted by Crippen LogP contribution is 2.32. The number of carbonyl (C=O) groups excluding carboxylic acids is 2. The molecule has 1 aliphatic heterocycles. The number of esters is 2. The summed E-state index contributed by atoms with van der Waals surface area (Å²) >= 11 is 1.55. The molecule has 6 nitrogen and oxygen atoms in total. The fourth-order valence-electron chi connectivity index (χ4n) is 2.47. The monoisotopic (exact) mass is 380 g/mol. The van der Waals surface area contributed by atoms with E-state index in [0.717, 1.165) is 16.2 Å². The zero-order chi connectivity index (χ0) is 18.9. The van der Waals surface area contributed by atoms with Crippen LogP contribution in [0.2, 0.25) is 0 Å². The minimum Gasteiger partial charge on any atom is -0.463 e. The first-order chi connectivity index (χ1) is 12.5. The van der Waals surface area contributed by atoms with E-state index in [-0.39, 0.29) is 6.61 Å². The van der Waals surface area contributed by atoms with Gasteiger partial charge in [0.1, 0.15) is 12.7 Å². The molecule has 0 aliphatic carbocycles. The predicted octanol–water partition coefficient (Wildman–Crippen LogP) is 3.06. The molecule has 26 heavy (non-hydrogen) atoms. The van der Waals surface area contributed by atoms with Crippen molar-refractivity contribution in [1.82, 2.24) is 0 Å². The molecule has 3 atom stereocenters. The quantitative estimate of drug-likeness (QED) is 0.642. The van der Waals surface area contributed by atoms with Gasteiger partial charge < -0.3 is 18.9 Å². The largest absolute Gasteiger partial charge is 0.463 e. The molecule has 0 N–H and O–H groups in total. The van der Waals surface area contributed by atoms with Gasteiger partial charge >= 0.3 is 11.9 Å². The molecule has 0 spiro atoms. The van der Waals surface area contributed by atoms with E-state index < -0.39 is 30.4 Å². The summed E-state index contributed by atoms with van der Waals surface area (Å²) in [4.78, 5) is 23.5. The van der Waals surface area contributed by atoms with Crippen LogP contribution in [0.15, 0.2) is 41.3 Å². The van der Waals surface area contributed by atoms with E-state index >= 15 is 0 Å². The fourth-order valence-corrected chi connectivity index (χ4v) is 3.38. The van der Waals surface area contributed by atoms with Crippen molar-refractivity contribution >= 4 is 23.7 Å². The number of rotatable bonds is 8. The standard InChI is InChI=1S/C19H24O6S/c1-4-26-17-10-18(23-11-15-8-6-5-7-9-15)25-16(12-22-13(2)20)19(17)24-14(3)21/h5-10,16,18-19H,4,11-12H2,1-3H3/t16-,18+,19-/m1/s1. The summed E-state index contributed by atoms with van der Waals surface area (Å²) in [5.74, 6) is -0.0381. The number of hydrogen-bond donors (Lipinski definition) is 0. The Morgan fingerprint density at radius 2 is 1.88 bits per heavy atom. The number of thioether (sulfide) groups is 1. The van der Waals surface area contributed by atoms with Crippen LogP contribution >= 0.6 is 11.8 Å². The average molecular weight is 380 g/mol. The normalized spacial score (nSPS) is 22.4. The van der Waals surface area contributed by atoms with Crippen LogP contribution in [0.5, 0.6) is 0 Å². The van der Waals surface area contributed by atoms with E-state index in [4.69, 9.17) is 18.9 Å². The van der Waals surface area contributed by atoms with Crippen molar-refractivity contribution in [3.63, 3.8) is 0 Å². The maximum absolute atomic E-state index is 11.5. The highest BCUT2D eigenvalue weighted by molar-refractivity contribution is 8.03. The van der Waals surface area contributed by atoms with Crippen LogP contribution in [0, 0.1) is 0 Å². The van der Waals surface area contributed by atoms with Crippen LogP contribution in [0.25, 0.3) is 0 Å². The molecule has 1 aliphatic rings. The second kappa shape index (κ2) is 10.4. The molecule has 0 bridgehead atoms. The molecule has 0 aromatic heterocycles. The SMILES string of the molecule is CCSC1=C[C@@H](OCc2ccccc2)O[C@H](COC(C)=O)[C@H]1OC(C)=O. The molecule has 2 rings (SSSR count). The Hall–Kier alpha value is -1.83. The first-order valence-corrected chi connectivity index (χ1v) is 9.44. The van der Waals surface area contributed by atoms with Crippen molar-refractivity contribution in [3.05, 3.63) is 46.9 Å². The summed E-state index contributed by atoms with van der Waals surface area (Å²) < 4.78 is 22.2. The van der Waals surface area contributed by atoms with Crippen molar-refractivity contribution in [2.75, 3.05) is 12.4 Å². The van der Waals surface area contributed by atoms with Gasteiger partial charge in [-0.1, -0.05) is 37.3 Å². The van der Waals surface area contributed by atoms with Crippen LogP contribution in [0.4, 0.5) is 0 Å². The predicted molar refractivity (Wildman–Crippen MR) is 98.3 cm³/mol. The minimum atomic E-state index is -0.623. The molecule has 0 saturated heterocycles. The third-order valence-corrected chi connectivity index (χ3v) is 4.53. The molecule has 1 aromatic carbocycles. The van der Waals surface area contributed by atoms with E-state index in [2.05, 4.69) is 0 Å². The molecular weight excluding hydrogens is 356 g/mol. The molecular formula is C19H24O6S. The number of ether oxygens (including phenoxy) is 4. The van der Waals surface area contributed by atoms with Crippen LogP contribution < -0.4 is 0 Å². The van der Waals surface area contributed by atoms with Crippen molar-refractivity contribution in [3.8, 4) is 0 Å². The van der Waals surface area contributed by atoms with E-state index in [1.807, 2.05) is 43.3 Å². The van der Waals surface area contributed by atoms with E-state index in [0.29, 0.717) is 6.61 Å². The zero-order valence-electron chi connectivity index (χ0n) is 15.2. The molecule has 0 fully saturated rings. The second-order valence-corrected chi connectivity index (χ2v) is 7.01. The molecule has 0 unspecified atom stereocenters. The van der Waals surface area contributed by atoms with Crippen molar-refractivity contribution in [2.45, 2.75) is 45.9 Å². The summed E-state index contributed by atoms with van der Waals surface area (Å²) in [5, 5.41) is 0. The van der Waals surface area contributed by atoms with Gasteiger partial charge in [-0.15, -0.1) is 11.8 Å². The third kappa shape index (κ3) is 6.48. The molecule has 1 heterocycles. The van der Waals surface area contributed by atoms with E-state index in [9.17, 15) is 9.59 Å². The van der Waals surface area contributed by atoms with Gasteiger partial charge in [0.25, 0.3) is 0 Å². The molecule has 0 radical (unpaired) electrons. The second-order valence-electron chi connectivity index (χ2n) is 5.67. The number of benzene rings is 1. The van der Waals surface area contributed by atoms with Crippen LogP contribution in [0.1, 0.15) is 26.3 Å². The topological polar surface area (TPSA) is 71.1 Å². The Kier molecular flexibility index (Phi) is 8.15. The van der Waals surface area contributed by atoms with E-state index in [1.165, 1.54) is 13.8 Å².